The fourth-order valence-corrected chi connectivity index (χ4v) is 5.77. The first-order valence-corrected chi connectivity index (χ1v) is 13.2. The van der Waals surface area contributed by atoms with Crippen molar-refractivity contribution in [2.75, 3.05) is 11.9 Å². The van der Waals surface area contributed by atoms with Gasteiger partial charge in [-0.15, -0.1) is 11.3 Å². The number of rotatable bonds is 9. The molecule has 9 nitrogen and oxygen atoms in total. The van der Waals surface area contributed by atoms with Crippen LogP contribution in [0, 0.1) is 18.3 Å². The van der Waals surface area contributed by atoms with Gasteiger partial charge in [-0.25, -0.2) is 4.79 Å². The molecular weight excluding hydrogens is 490 g/mol. The van der Waals surface area contributed by atoms with Gasteiger partial charge in [0.15, 0.2) is 0 Å². The Morgan fingerprint density at radius 3 is 2.86 bits per heavy atom. The van der Waals surface area contributed by atoms with Crippen LogP contribution in [0.1, 0.15) is 52.7 Å². The largest absolute Gasteiger partial charge is 0.494 e. The van der Waals surface area contributed by atoms with E-state index in [0.717, 1.165) is 33.1 Å². The highest BCUT2D eigenvalue weighted by molar-refractivity contribution is 7.16. The second-order valence-corrected chi connectivity index (χ2v) is 10.0. The Morgan fingerprint density at radius 2 is 2.14 bits per heavy atom. The van der Waals surface area contributed by atoms with Crippen LogP contribution in [0.25, 0.3) is 0 Å². The molecule has 2 aromatic heterocycles. The van der Waals surface area contributed by atoms with Crippen LogP contribution in [-0.4, -0.2) is 34.5 Å². The molecule has 2 N–H and O–H groups in total. The van der Waals surface area contributed by atoms with E-state index in [1.165, 1.54) is 11.3 Å². The Bertz CT molecular complexity index is 1320. The maximum atomic E-state index is 12.7. The molecule has 2 heterocycles. The van der Waals surface area contributed by atoms with Crippen molar-refractivity contribution in [3.8, 4) is 11.8 Å². The third-order valence-corrected chi connectivity index (χ3v) is 7.43. The molecule has 194 valence electrons. The number of nitriles is 1. The van der Waals surface area contributed by atoms with Gasteiger partial charge in [0.2, 0.25) is 5.91 Å². The van der Waals surface area contributed by atoms with E-state index in [0.29, 0.717) is 49.4 Å². The molecular formula is C27H31N5O4S. The lowest BCUT2D eigenvalue weighted by molar-refractivity contribution is -0.116. The second kappa shape index (κ2) is 11.9. The number of carbonyl (C=O) groups excluding carboxylic acids is 2. The Morgan fingerprint density at radius 1 is 1.32 bits per heavy atom. The van der Waals surface area contributed by atoms with Crippen molar-refractivity contribution in [2.45, 2.75) is 58.6 Å². The molecule has 1 aliphatic rings. The van der Waals surface area contributed by atoms with E-state index >= 15 is 0 Å². The number of ether oxygens (including phenoxy) is 2. The van der Waals surface area contributed by atoms with Crippen molar-refractivity contribution in [2.24, 2.45) is 7.05 Å². The molecule has 0 fully saturated rings. The van der Waals surface area contributed by atoms with Crippen LogP contribution >= 0.6 is 11.3 Å². The van der Waals surface area contributed by atoms with Gasteiger partial charge in [-0.1, -0.05) is 18.2 Å². The summed E-state index contributed by atoms with van der Waals surface area (Å²) in [6.45, 7) is 4.72. The third kappa shape index (κ3) is 6.49. The highest BCUT2D eigenvalue weighted by Gasteiger charge is 2.28. The van der Waals surface area contributed by atoms with Crippen molar-refractivity contribution in [3.63, 3.8) is 0 Å². The monoisotopic (exact) mass is 521 g/mol. The number of carbonyl (C=O) groups is 2. The summed E-state index contributed by atoms with van der Waals surface area (Å²) in [6.07, 6.45) is 1.81. The molecule has 1 aromatic carbocycles. The van der Waals surface area contributed by atoms with Crippen LogP contribution < -0.4 is 15.4 Å². The van der Waals surface area contributed by atoms with Gasteiger partial charge in [-0.05, 0) is 56.4 Å². The van der Waals surface area contributed by atoms with E-state index in [9.17, 15) is 14.9 Å². The Labute approximate surface area is 220 Å². The summed E-state index contributed by atoms with van der Waals surface area (Å²) in [5.41, 5.74) is 4.20. The SMILES string of the molecule is CCOc1ccccc1CCC(=O)Nc1sc2c(c1C#N)CCC(OC(=O)NCc1cc(C)nn1C)C2. The van der Waals surface area contributed by atoms with Gasteiger partial charge in [-0.2, -0.15) is 10.4 Å². The number of hydrogen-bond acceptors (Lipinski definition) is 7. The van der Waals surface area contributed by atoms with Gasteiger partial charge in [0.1, 0.15) is 22.9 Å². The summed E-state index contributed by atoms with van der Waals surface area (Å²) >= 11 is 1.39. The summed E-state index contributed by atoms with van der Waals surface area (Å²) in [6, 6.07) is 11.9. The molecule has 0 radical (unpaired) electrons. The summed E-state index contributed by atoms with van der Waals surface area (Å²) in [5.74, 6) is 0.631. The lowest BCUT2D eigenvalue weighted by Gasteiger charge is -2.22. The predicted molar refractivity (Wildman–Crippen MR) is 141 cm³/mol. The zero-order valence-corrected chi connectivity index (χ0v) is 22.1. The average molecular weight is 522 g/mol. The number of anilines is 1. The molecule has 37 heavy (non-hydrogen) atoms. The van der Waals surface area contributed by atoms with Crippen molar-refractivity contribution in [1.82, 2.24) is 15.1 Å². The number of para-hydroxylation sites is 1. The minimum Gasteiger partial charge on any atom is -0.494 e. The van der Waals surface area contributed by atoms with Crippen LogP contribution in [0.3, 0.4) is 0 Å². The Kier molecular flexibility index (Phi) is 8.46. The van der Waals surface area contributed by atoms with Crippen molar-refractivity contribution in [1.29, 1.82) is 5.26 Å². The van der Waals surface area contributed by atoms with Gasteiger partial charge in [0.25, 0.3) is 0 Å². The number of hydrogen-bond donors (Lipinski definition) is 2. The van der Waals surface area contributed by atoms with E-state index < -0.39 is 6.09 Å². The molecule has 1 unspecified atom stereocenters. The smallest absolute Gasteiger partial charge is 0.407 e. The van der Waals surface area contributed by atoms with Gasteiger partial charge >= 0.3 is 6.09 Å². The van der Waals surface area contributed by atoms with Crippen LogP contribution in [-0.2, 0) is 42.4 Å². The highest BCUT2D eigenvalue weighted by Crippen LogP contribution is 2.38. The van der Waals surface area contributed by atoms with E-state index in [4.69, 9.17) is 9.47 Å². The predicted octanol–water partition coefficient (Wildman–Crippen LogP) is 4.42. The molecule has 4 rings (SSSR count). The van der Waals surface area contributed by atoms with Crippen LogP contribution in [0.15, 0.2) is 30.3 Å². The average Bonchev–Trinajstić information content (AvgIpc) is 3.39. The zero-order chi connectivity index (χ0) is 26.4. The summed E-state index contributed by atoms with van der Waals surface area (Å²) in [7, 11) is 1.83. The molecule has 3 aromatic rings. The van der Waals surface area contributed by atoms with Crippen molar-refractivity contribution in [3.05, 3.63) is 63.3 Å². The zero-order valence-electron chi connectivity index (χ0n) is 21.3. The molecule has 1 atom stereocenters. The van der Waals surface area contributed by atoms with Crippen molar-refractivity contribution < 1.29 is 19.1 Å². The van der Waals surface area contributed by atoms with Gasteiger partial charge in [-0.3, -0.25) is 9.48 Å². The molecule has 0 saturated heterocycles. The van der Waals surface area contributed by atoms with Gasteiger partial charge < -0.3 is 20.1 Å². The first-order valence-electron chi connectivity index (χ1n) is 12.4. The number of amides is 2. The molecule has 0 spiro atoms. The van der Waals surface area contributed by atoms with E-state index in [1.807, 2.05) is 51.2 Å². The topological polar surface area (TPSA) is 118 Å². The first-order chi connectivity index (χ1) is 17.9. The van der Waals surface area contributed by atoms with Gasteiger partial charge in [0, 0.05) is 24.8 Å². The van der Waals surface area contributed by atoms with Crippen LogP contribution in [0.4, 0.5) is 9.80 Å². The Hall–Kier alpha value is -3.84. The molecule has 0 bridgehead atoms. The fraction of sp³-hybridized carbons (Fsp3) is 0.407. The summed E-state index contributed by atoms with van der Waals surface area (Å²) < 4.78 is 13.0. The number of alkyl carbamates (subject to hydrolysis) is 1. The maximum absolute atomic E-state index is 12.7. The minimum absolute atomic E-state index is 0.154. The first kappa shape index (κ1) is 26.2. The number of nitrogens with zero attached hydrogens (tertiary/aromatic N) is 3. The second-order valence-electron chi connectivity index (χ2n) is 8.93. The van der Waals surface area contributed by atoms with Crippen molar-refractivity contribution >= 4 is 28.3 Å². The number of aryl methyl sites for hydroxylation is 3. The minimum atomic E-state index is -0.481. The normalized spacial score (nSPS) is 14.4. The van der Waals surface area contributed by atoms with E-state index in [-0.39, 0.29) is 18.4 Å². The molecule has 1 aliphatic carbocycles. The lowest BCUT2D eigenvalue weighted by atomic mass is 9.94. The van der Waals surface area contributed by atoms with E-state index in [2.05, 4.69) is 21.8 Å². The fourth-order valence-electron chi connectivity index (χ4n) is 4.49. The molecule has 10 heteroatoms. The summed E-state index contributed by atoms with van der Waals surface area (Å²) in [4.78, 5) is 26.1. The number of fused-ring (bicyclic) bond motifs is 1. The summed E-state index contributed by atoms with van der Waals surface area (Å²) in [5, 5.41) is 20.3. The molecule has 0 saturated carbocycles. The standard InChI is InChI=1S/C27H31N5O4S/c1-4-35-23-8-6-5-7-18(23)9-12-25(33)30-26-22(15-28)21-11-10-20(14-24(21)37-26)36-27(34)29-16-19-13-17(2)31-32(19)3/h5-8,13,20H,4,9-12,14,16H2,1-3H3,(H,29,34)(H,30,33). The molecule has 2 amide bonds. The Balaban J connectivity index is 1.33. The quantitative estimate of drug-likeness (QED) is 0.431. The van der Waals surface area contributed by atoms with Crippen LogP contribution in [0.5, 0.6) is 5.75 Å². The highest BCUT2D eigenvalue weighted by atomic mass is 32.1. The maximum Gasteiger partial charge on any atom is 0.407 e. The number of nitrogens with one attached hydrogen (secondary N) is 2. The third-order valence-electron chi connectivity index (χ3n) is 6.27. The van der Waals surface area contributed by atoms with E-state index in [1.54, 1.807) is 4.68 Å². The van der Waals surface area contributed by atoms with Crippen LogP contribution in [0.2, 0.25) is 0 Å². The lowest BCUT2D eigenvalue weighted by Crippen LogP contribution is -2.32. The molecule has 0 aliphatic heterocycles. The number of thiophene rings is 1. The number of benzene rings is 1. The van der Waals surface area contributed by atoms with Gasteiger partial charge in [0.05, 0.1) is 30.1 Å². The number of aromatic nitrogens is 2.